The lowest BCUT2D eigenvalue weighted by molar-refractivity contribution is -0.303. The summed E-state index contributed by atoms with van der Waals surface area (Å²) >= 11 is 0. The molecule has 1 aromatic heterocycles. The molecule has 8 nitrogen and oxygen atoms in total. The van der Waals surface area contributed by atoms with Crippen LogP contribution in [0.3, 0.4) is 0 Å². The Morgan fingerprint density at radius 3 is 2.54 bits per heavy atom. The first-order valence-corrected chi connectivity index (χ1v) is 7.16. The van der Waals surface area contributed by atoms with Gasteiger partial charge in [0, 0.05) is 5.39 Å². The fraction of sp³-hybridized carbons (Fsp3) is 0.267. The Hall–Kier alpha value is -3.24. The molecule has 0 fully saturated rings. The first kappa shape index (κ1) is 19.1. The summed E-state index contributed by atoms with van der Waals surface area (Å²) in [7, 11) is 0. The third-order valence-electron chi connectivity index (χ3n) is 3.24. The summed E-state index contributed by atoms with van der Waals surface area (Å²) < 4.78 is 37.3. The molecular weight excluding hydrogens is 361 g/mol. The Morgan fingerprint density at radius 2 is 1.92 bits per heavy atom. The molecular formula is C15H12F3N2O6-. The molecule has 140 valence electrons. The Kier molecular flexibility index (Phi) is 5.38. The van der Waals surface area contributed by atoms with Crippen LogP contribution in [0, 0.1) is 0 Å². The summed E-state index contributed by atoms with van der Waals surface area (Å²) in [4.78, 5) is 39.7. The molecule has 11 heteroatoms. The number of amides is 1. The Morgan fingerprint density at radius 1 is 1.27 bits per heavy atom. The lowest BCUT2D eigenvalue weighted by Gasteiger charge is -2.16. The summed E-state index contributed by atoms with van der Waals surface area (Å²) in [6.45, 7) is -1.84. The molecule has 0 bridgehead atoms. The molecule has 0 aliphatic rings. The largest absolute Gasteiger partial charge is 0.548 e. The summed E-state index contributed by atoms with van der Waals surface area (Å²) in [6.07, 6.45) is -5.87. The average molecular weight is 373 g/mol. The van der Waals surface area contributed by atoms with Crippen molar-refractivity contribution in [1.29, 1.82) is 0 Å². The van der Waals surface area contributed by atoms with Crippen LogP contribution in [0.25, 0.3) is 10.9 Å². The fourth-order valence-electron chi connectivity index (χ4n) is 2.12. The van der Waals surface area contributed by atoms with E-state index in [-0.39, 0.29) is 10.9 Å². The second-order valence-corrected chi connectivity index (χ2v) is 5.09. The van der Waals surface area contributed by atoms with Crippen molar-refractivity contribution >= 4 is 22.8 Å². The average Bonchev–Trinajstić information content (AvgIpc) is 2.55. The van der Waals surface area contributed by atoms with E-state index in [2.05, 4.69) is 0 Å². The SMILES string of the molecule is O=C([O-])CNC(=O)c1c(O)c2ccccc2n(OCCC(F)(F)F)c1=O. The van der Waals surface area contributed by atoms with Crippen LogP contribution < -0.4 is 20.8 Å². The number of nitrogens with zero attached hydrogens (tertiary/aromatic N) is 1. The number of aliphatic carboxylic acids is 1. The number of pyridine rings is 1. The van der Waals surface area contributed by atoms with Crippen LogP contribution in [-0.2, 0) is 4.79 Å². The number of aromatic hydroxyl groups is 1. The molecule has 0 aliphatic heterocycles. The highest BCUT2D eigenvalue weighted by Gasteiger charge is 2.28. The molecule has 0 saturated carbocycles. The number of fused-ring (bicyclic) bond motifs is 1. The number of carbonyl (C=O) groups is 2. The van der Waals surface area contributed by atoms with Gasteiger partial charge in [-0.25, -0.2) is 0 Å². The van der Waals surface area contributed by atoms with Gasteiger partial charge in [0.25, 0.3) is 11.5 Å². The lowest BCUT2D eigenvalue weighted by atomic mass is 10.1. The quantitative estimate of drug-likeness (QED) is 0.709. The minimum absolute atomic E-state index is 0.0438. The number of carbonyl (C=O) groups excluding carboxylic acids is 2. The van der Waals surface area contributed by atoms with Crippen LogP contribution in [0.5, 0.6) is 5.75 Å². The van der Waals surface area contributed by atoms with Gasteiger partial charge in [0.1, 0.15) is 17.9 Å². The number of nitrogens with one attached hydrogen (secondary N) is 1. The first-order valence-electron chi connectivity index (χ1n) is 7.16. The van der Waals surface area contributed by atoms with Crippen molar-refractivity contribution in [3.05, 3.63) is 40.2 Å². The smallest absolute Gasteiger partial charge is 0.392 e. The number of rotatable bonds is 6. The number of alkyl halides is 3. The predicted octanol–water partition coefficient (Wildman–Crippen LogP) is -0.432. The van der Waals surface area contributed by atoms with Crippen molar-refractivity contribution in [2.24, 2.45) is 0 Å². The van der Waals surface area contributed by atoms with E-state index >= 15 is 0 Å². The standard InChI is InChI=1S/C15H13F3N2O6/c16-15(17,18)5-6-26-20-9-4-2-1-3-8(9)12(23)11(14(20)25)13(24)19-7-10(21)22/h1-4,23H,5-7H2,(H,19,24)(H,21,22)/p-1. The zero-order chi connectivity index (χ0) is 19.5. The maximum Gasteiger partial charge on any atom is 0.392 e. The summed E-state index contributed by atoms with van der Waals surface area (Å²) in [5.41, 5.74) is -2.16. The van der Waals surface area contributed by atoms with Gasteiger partial charge in [-0.15, -0.1) is 4.73 Å². The molecule has 2 aromatic rings. The number of hydrogen-bond donors (Lipinski definition) is 2. The maximum atomic E-state index is 12.4. The van der Waals surface area contributed by atoms with E-state index in [4.69, 9.17) is 4.84 Å². The molecule has 0 saturated heterocycles. The Balaban J connectivity index is 2.51. The third-order valence-corrected chi connectivity index (χ3v) is 3.24. The van der Waals surface area contributed by atoms with Crippen molar-refractivity contribution < 1.29 is 37.8 Å². The number of para-hydroxylation sites is 1. The maximum absolute atomic E-state index is 12.4. The normalized spacial score (nSPS) is 11.3. The minimum Gasteiger partial charge on any atom is -0.548 e. The van der Waals surface area contributed by atoms with E-state index in [1.54, 1.807) is 0 Å². The Bertz CT molecular complexity index is 907. The van der Waals surface area contributed by atoms with Gasteiger partial charge in [-0.05, 0) is 12.1 Å². The monoisotopic (exact) mass is 373 g/mol. The number of halogens is 3. The number of carboxylic acid groups (broad SMARTS) is 1. The van der Waals surface area contributed by atoms with Crippen molar-refractivity contribution in [2.45, 2.75) is 12.6 Å². The minimum atomic E-state index is -4.52. The predicted molar refractivity (Wildman–Crippen MR) is 79.3 cm³/mol. The van der Waals surface area contributed by atoms with E-state index in [0.29, 0.717) is 4.73 Å². The van der Waals surface area contributed by atoms with Crippen LogP contribution in [0.1, 0.15) is 16.8 Å². The highest BCUT2D eigenvalue weighted by atomic mass is 19.4. The zero-order valence-corrected chi connectivity index (χ0v) is 13.0. The first-order chi connectivity index (χ1) is 12.1. The Labute approximate surface area is 143 Å². The fourth-order valence-corrected chi connectivity index (χ4v) is 2.12. The van der Waals surface area contributed by atoms with E-state index < -0.39 is 54.5 Å². The van der Waals surface area contributed by atoms with E-state index in [1.807, 2.05) is 5.32 Å². The van der Waals surface area contributed by atoms with Crippen LogP contribution in [-0.4, -0.2) is 41.0 Å². The summed E-state index contributed by atoms with van der Waals surface area (Å²) in [6, 6.07) is 5.51. The van der Waals surface area contributed by atoms with Crippen LogP contribution in [0.15, 0.2) is 29.1 Å². The molecule has 0 unspecified atom stereocenters. The van der Waals surface area contributed by atoms with Gasteiger partial charge in [-0.3, -0.25) is 9.59 Å². The third kappa shape index (κ3) is 4.23. The van der Waals surface area contributed by atoms with Crippen LogP contribution in [0.4, 0.5) is 13.2 Å². The second kappa shape index (κ2) is 7.33. The van der Waals surface area contributed by atoms with Gasteiger partial charge in [0.2, 0.25) is 0 Å². The number of benzene rings is 1. The van der Waals surface area contributed by atoms with Gasteiger partial charge >= 0.3 is 6.18 Å². The van der Waals surface area contributed by atoms with E-state index in [9.17, 15) is 37.8 Å². The highest BCUT2D eigenvalue weighted by molar-refractivity contribution is 6.02. The molecule has 26 heavy (non-hydrogen) atoms. The van der Waals surface area contributed by atoms with E-state index in [1.165, 1.54) is 24.3 Å². The number of hydrogen-bond acceptors (Lipinski definition) is 6. The zero-order valence-electron chi connectivity index (χ0n) is 13.0. The molecule has 1 heterocycles. The van der Waals surface area contributed by atoms with Gasteiger partial charge in [-0.2, -0.15) is 13.2 Å². The highest BCUT2D eigenvalue weighted by Crippen LogP contribution is 2.26. The topological polar surface area (TPSA) is 121 Å². The summed E-state index contributed by atoms with van der Waals surface area (Å²) in [5.74, 6) is -3.63. The van der Waals surface area contributed by atoms with Gasteiger partial charge in [0.05, 0.1) is 24.5 Å². The molecule has 0 spiro atoms. The van der Waals surface area contributed by atoms with Crippen molar-refractivity contribution in [3.63, 3.8) is 0 Å². The van der Waals surface area contributed by atoms with Gasteiger partial charge in [0.15, 0.2) is 0 Å². The van der Waals surface area contributed by atoms with Crippen molar-refractivity contribution in [1.82, 2.24) is 10.0 Å². The van der Waals surface area contributed by atoms with Gasteiger partial charge in [-0.1, -0.05) is 12.1 Å². The van der Waals surface area contributed by atoms with Crippen LogP contribution in [0.2, 0.25) is 0 Å². The molecule has 2 N–H and O–H groups in total. The summed E-state index contributed by atoms with van der Waals surface area (Å²) in [5, 5.41) is 22.4. The molecule has 0 aliphatic carbocycles. The van der Waals surface area contributed by atoms with Crippen molar-refractivity contribution in [2.75, 3.05) is 13.2 Å². The molecule has 0 radical (unpaired) electrons. The molecule has 1 amide bonds. The number of aromatic nitrogens is 1. The van der Waals surface area contributed by atoms with Crippen molar-refractivity contribution in [3.8, 4) is 5.75 Å². The molecule has 2 rings (SSSR count). The number of carboxylic acids is 1. The molecule has 1 aromatic carbocycles. The second-order valence-electron chi connectivity index (χ2n) is 5.09. The van der Waals surface area contributed by atoms with Gasteiger partial charge < -0.3 is 25.2 Å². The lowest BCUT2D eigenvalue weighted by Crippen LogP contribution is -2.41. The molecule has 0 atom stereocenters. The van der Waals surface area contributed by atoms with Crippen LogP contribution >= 0.6 is 0 Å². The van der Waals surface area contributed by atoms with E-state index in [0.717, 1.165) is 0 Å².